The summed E-state index contributed by atoms with van der Waals surface area (Å²) in [5.74, 6) is -1.31. The lowest BCUT2D eigenvalue weighted by Crippen LogP contribution is -2.13. The Morgan fingerprint density at radius 1 is 1.80 bits per heavy atom. The summed E-state index contributed by atoms with van der Waals surface area (Å²) >= 11 is 0. The summed E-state index contributed by atoms with van der Waals surface area (Å²) in [5, 5.41) is 17.5. The fourth-order valence-corrected chi connectivity index (χ4v) is 1.21. The molecule has 0 saturated carbocycles. The Hall–Kier alpha value is -0.830. The summed E-state index contributed by atoms with van der Waals surface area (Å²) in [5.41, 5.74) is 0.764. The predicted octanol–water partition coefficient (Wildman–Crippen LogP) is 0.398. The van der Waals surface area contributed by atoms with E-state index >= 15 is 0 Å². The van der Waals surface area contributed by atoms with Gasteiger partial charge >= 0.3 is 5.97 Å². The van der Waals surface area contributed by atoms with Gasteiger partial charge in [0.1, 0.15) is 0 Å². The van der Waals surface area contributed by atoms with Crippen molar-refractivity contribution in [2.24, 2.45) is 5.92 Å². The molecule has 0 radical (unpaired) electrons. The van der Waals surface area contributed by atoms with Crippen molar-refractivity contribution in [1.29, 1.82) is 0 Å². The number of aliphatic carboxylic acids is 1. The maximum atomic E-state index is 10.4. The fraction of sp³-hybridized carbons (Fsp3) is 0.571. The van der Waals surface area contributed by atoms with Crippen LogP contribution in [-0.4, -0.2) is 22.3 Å². The van der Waals surface area contributed by atoms with Crippen molar-refractivity contribution >= 4 is 5.97 Å². The smallest absolute Gasteiger partial charge is 0.310 e. The molecule has 1 rings (SSSR count). The molecular formula is C7H10O3. The van der Waals surface area contributed by atoms with Crippen LogP contribution in [0.15, 0.2) is 11.6 Å². The number of rotatable bonds is 1. The molecule has 0 bridgehead atoms. The van der Waals surface area contributed by atoms with E-state index in [4.69, 9.17) is 10.2 Å². The number of hydrogen-bond donors (Lipinski definition) is 2. The second-order valence-electron chi connectivity index (χ2n) is 2.60. The topological polar surface area (TPSA) is 57.5 Å². The number of carbonyl (C=O) groups is 1. The highest BCUT2D eigenvalue weighted by molar-refractivity contribution is 5.74. The quantitative estimate of drug-likeness (QED) is 0.521. The van der Waals surface area contributed by atoms with E-state index in [1.165, 1.54) is 0 Å². The van der Waals surface area contributed by atoms with Gasteiger partial charge in [0.25, 0.3) is 0 Å². The molecular weight excluding hydrogens is 132 g/mol. The van der Waals surface area contributed by atoms with Crippen molar-refractivity contribution in [2.45, 2.75) is 19.4 Å². The molecule has 0 aromatic carbocycles. The zero-order chi connectivity index (χ0) is 7.72. The average molecular weight is 142 g/mol. The molecule has 0 heterocycles. The molecule has 0 aliphatic heterocycles. The Labute approximate surface area is 59.0 Å². The fourth-order valence-electron chi connectivity index (χ4n) is 1.21. The molecule has 1 aliphatic rings. The van der Waals surface area contributed by atoms with Crippen LogP contribution in [0, 0.1) is 5.92 Å². The summed E-state index contributed by atoms with van der Waals surface area (Å²) in [6.45, 7) is 1.73. The van der Waals surface area contributed by atoms with Crippen molar-refractivity contribution in [3.63, 3.8) is 0 Å². The van der Waals surface area contributed by atoms with Crippen LogP contribution in [-0.2, 0) is 4.79 Å². The van der Waals surface area contributed by atoms with E-state index in [0.29, 0.717) is 6.42 Å². The number of aliphatic hydroxyl groups is 1. The van der Waals surface area contributed by atoms with Gasteiger partial charge in [-0.3, -0.25) is 4.79 Å². The average Bonchev–Trinajstić information content (AvgIpc) is 2.10. The summed E-state index contributed by atoms with van der Waals surface area (Å²) in [6, 6.07) is 0. The highest BCUT2D eigenvalue weighted by atomic mass is 16.4. The van der Waals surface area contributed by atoms with Crippen LogP contribution in [0.2, 0.25) is 0 Å². The van der Waals surface area contributed by atoms with Gasteiger partial charge in [0, 0.05) is 0 Å². The molecule has 0 aromatic rings. The first kappa shape index (κ1) is 7.28. The molecule has 0 aromatic heterocycles. The standard InChI is InChI=1S/C7H10O3/c1-4-2-5(8)3-6(4)7(9)10/h2,5-6,8H,3H2,1H3,(H,9,10)/t5-,6+/m1/s1. The third kappa shape index (κ3) is 1.19. The number of carboxylic acid groups (broad SMARTS) is 1. The molecule has 0 amide bonds. The zero-order valence-electron chi connectivity index (χ0n) is 5.74. The van der Waals surface area contributed by atoms with Crippen LogP contribution in [0.1, 0.15) is 13.3 Å². The first-order chi connectivity index (χ1) is 4.61. The third-order valence-corrected chi connectivity index (χ3v) is 1.78. The Kier molecular flexibility index (Phi) is 1.76. The highest BCUT2D eigenvalue weighted by Gasteiger charge is 2.27. The van der Waals surface area contributed by atoms with E-state index < -0.39 is 18.0 Å². The van der Waals surface area contributed by atoms with Crippen LogP contribution in [0.5, 0.6) is 0 Å². The van der Waals surface area contributed by atoms with Gasteiger partial charge in [-0.25, -0.2) is 0 Å². The van der Waals surface area contributed by atoms with E-state index in [0.717, 1.165) is 5.57 Å². The summed E-state index contributed by atoms with van der Waals surface area (Å²) < 4.78 is 0. The molecule has 0 saturated heterocycles. The largest absolute Gasteiger partial charge is 0.481 e. The first-order valence-corrected chi connectivity index (χ1v) is 3.20. The minimum atomic E-state index is -0.842. The lowest BCUT2D eigenvalue weighted by molar-refractivity contribution is -0.140. The van der Waals surface area contributed by atoms with Gasteiger partial charge in [-0.1, -0.05) is 11.6 Å². The summed E-state index contributed by atoms with van der Waals surface area (Å²) in [6.07, 6.45) is 1.38. The van der Waals surface area contributed by atoms with Gasteiger partial charge < -0.3 is 10.2 Å². The van der Waals surface area contributed by atoms with E-state index in [1.807, 2.05) is 0 Å². The molecule has 2 atom stereocenters. The molecule has 0 spiro atoms. The highest BCUT2D eigenvalue weighted by Crippen LogP contribution is 2.25. The zero-order valence-corrected chi connectivity index (χ0v) is 5.74. The number of hydrogen-bond acceptors (Lipinski definition) is 2. The molecule has 3 heteroatoms. The van der Waals surface area contributed by atoms with Crippen LogP contribution in [0.4, 0.5) is 0 Å². The van der Waals surface area contributed by atoms with Crippen LogP contribution >= 0.6 is 0 Å². The minimum Gasteiger partial charge on any atom is -0.481 e. The molecule has 56 valence electrons. The molecule has 0 unspecified atom stereocenters. The van der Waals surface area contributed by atoms with E-state index in [1.54, 1.807) is 13.0 Å². The van der Waals surface area contributed by atoms with Gasteiger partial charge in [-0.2, -0.15) is 0 Å². The minimum absolute atomic E-state index is 0.334. The maximum Gasteiger partial charge on any atom is 0.310 e. The van der Waals surface area contributed by atoms with Crippen LogP contribution < -0.4 is 0 Å². The molecule has 10 heavy (non-hydrogen) atoms. The molecule has 0 fully saturated rings. The van der Waals surface area contributed by atoms with Crippen molar-refractivity contribution in [1.82, 2.24) is 0 Å². The Balaban J connectivity index is 2.68. The second kappa shape index (κ2) is 2.42. The lowest BCUT2D eigenvalue weighted by atomic mass is 10.0. The summed E-state index contributed by atoms with van der Waals surface area (Å²) in [4.78, 5) is 10.4. The monoisotopic (exact) mass is 142 g/mol. The van der Waals surface area contributed by atoms with Crippen LogP contribution in [0.3, 0.4) is 0 Å². The van der Waals surface area contributed by atoms with E-state index in [-0.39, 0.29) is 0 Å². The number of carboxylic acids is 1. The Bertz CT molecular complexity index is 183. The Morgan fingerprint density at radius 2 is 2.40 bits per heavy atom. The molecule has 2 N–H and O–H groups in total. The van der Waals surface area contributed by atoms with E-state index in [9.17, 15) is 4.79 Å². The van der Waals surface area contributed by atoms with Gasteiger partial charge in [0.05, 0.1) is 12.0 Å². The molecule has 1 aliphatic carbocycles. The normalized spacial score (nSPS) is 32.0. The third-order valence-electron chi connectivity index (χ3n) is 1.78. The van der Waals surface area contributed by atoms with Gasteiger partial charge in [0.15, 0.2) is 0 Å². The van der Waals surface area contributed by atoms with E-state index in [2.05, 4.69) is 0 Å². The SMILES string of the molecule is CC1=C[C@@H](O)C[C@@H]1C(=O)O. The number of aliphatic hydroxyl groups excluding tert-OH is 1. The van der Waals surface area contributed by atoms with Gasteiger partial charge in [-0.05, 0) is 13.3 Å². The van der Waals surface area contributed by atoms with Crippen molar-refractivity contribution in [3.05, 3.63) is 11.6 Å². The predicted molar refractivity (Wildman–Crippen MR) is 35.5 cm³/mol. The van der Waals surface area contributed by atoms with Gasteiger partial charge in [0.2, 0.25) is 0 Å². The van der Waals surface area contributed by atoms with Crippen LogP contribution in [0.25, 0.3) is 0 Å². The van der Waals surface area contributed by atoms with Crippen molar-refractivity contribution in [3.8, 4) is 0 Å². The van der Waals surface area contributed by atoms with Crippen molar-refractivity contribution < 1.29 is 15.0 Å². The Morgan fingerprint density at radius 3 is 2.60 bits per heavy atom. The lowest BCUT2D eigenvalue weighted by Gasteiger charge is -2.03. The first-order valence-electron chi connectivity index (χ1n) is 3.20. The second-order valence-corrected chi connectivity index (χ2v) is 2.60. The molecule has 3 nitrogen and oxygen atoms in total. The maximum absolute atomic E-state index is 10.4. The summed E-state index contributed by atoms with van der Waals surface area (Å²) in [7, 11) is 0. The van der Waals surface area contributed by atoms with Gasteiger partial charge in [-0.15, -0.1) is 0 Å². The van der Waals surface area contributed by atoms with Crippen molar-refractivity contribution in [2.75, 3.05) is 0 Å².